The van der Waals surface area contributed by atoms with E-state index >= 15 is 0 Å². The highest BCUT2D eigenvalue weighted by atomic mass is 32.2. The van der Waals surface area contributed by atoms with Gasteiger partial charge >= 0.3 is 0 Å². The Labute approximate surface area is 166 Å². The predicted octanol–water partition coefficient (Wildman–Crippen LogP) is 3.37. The van der Waals surface area contributed by atoms with E-state index in [-0.39, 0.29) is 12.5 Å². The van der Waals surface area contributed by atoms with Crippen LogP contribution >= 0.6 is 11.8 Å². The number of benzene rings is 2. The highest BCUT2D eigenvalue weighted by Gasteiger charge is 2.22. The smallest absolute Gasteiger partial charge is 0.240 e. The third-order valence-corrected chi connectivity index (χ3v) is 6.20. The number of rotatable bonds is 9. The monoisotopic (exact) mass is 406 g/mol. The Bertz CT molecular complexity index is 868. The van der Waals surface area contributed by atoms with Gasteiger partial charge in [-0.25, -0.2) is 8.42 Å². The molecule has 0 radical (unpaired) electrons. The molecule has 1 N–H and O–H groups in total. The standard InChI is InChI=1S/C20H26N2O3S2/c1-16-10-11-17(2)19(14-16)22(27(3,24)25)15-20(23)21-12-7-13-26-18-8-5-4-6-9-18/h4-6,8-11,14H,7,12-13,15H2,1-3H3,(H,21,23). The summed E-state index contributed by atoms with van der Waals surface area (Å²) < 4.78 is 25.6. The van der Waals surface area contributed by atoms with Gasteiger partial charge in [0.25, 0.3) is 0 Å². The van der Waals surface area contributed by atoms with E-state index in [1.54, 1.807) is 17.8 Å². The summed E-state index contributed by atoms with van der Waals surface area (Å²) in [5, 5.41) is 2.82. The number of carbonyl (C=O) groups is 1. The van der Waals surface area contributed by atoms with E-state index in [0.717, 1.165) is 29.6 Å². The lowest BCUT2D eigenvalue weighted by Gasteiger charge is -2.24. The van der Waals surface area contributed by atoms with E-state index in [2.05, 4.69) is 17.4 Å². The Kier molecular flexibility index (Phi) is 7.74. The highest BCUT2D eigenvalue weighted by Crippen LogP contribution is 2.23. The van der Waals surface area contributed by atoms with Crippen LogP contribution < -0.4 is 9.62 Å². The van der Waals surface area contributed by atoms with Gasteiger partial charge in [-0.05, 0) is 55.3 Å². The van der Waals surface area contributed by atoms with Crippen molar-refractivity contribution < 1.29 is 13.2 Å². The SMILES string of the molecule is Cc1ccc(C)c(N(CC(=O)NCCCSc2ccccc2)S(C)(=O)=O)c1. The first-order valence-electron chi connectivity index (χ1n) is 8.77. The number of nitrogens with one attached hydrogen (secondary N) is 1. The highest BCUT2D eigenvalue weighted by molar-refractivity contribution is 7.99. The molecule has 2 aromatic rings. The van der Waals surface area contributed by atoms with Crippen LogP contribution in [-0.4, -0.2) is 39.4 Å². The molecule has 0 aromatic heterocycles. The molecule has 0 saturated heterocycles. The summed E-state index contributed by atoms with van der Waals surface area (Å²) in [7, 11) is -3.56. The number of thioether (sulfide) groups is 1. The van der Waals surface area contributed by atoms with Crippen LogP contribution in [0.5, 0.6) is 0 Å². The van der Waals surface area contributed by atoms with Gasteiger partial charge in [0.1, 0.15) is 6.54 Å². The molecule has 5 nitrogen and oxygen atoms in total. The minimum Gasteiger partial charge on any atom is -0.354 e. The van der Waals surface area contributed by atoms with Crippen molar-refractivity contribution in [3.63, 3.8) is 0 Å². The lowest BCUT2D eigenvalue weighted by molar-refractivity contribution is -0.119. The van der Waals surface area contributed by atoms with Gasteiger partial charge in [0, 0.05) is 11.4 Å². The van der Waals surface area contributed by atoms with Crippen molar-refractivity contribution in [2.24, 2.45) is 0 Å². The Balaban J connectivity index is 1.88. The fraction of sp³-hybridized carbons (Fsp3) is 0.350. The van der Waals surface area contributed by atoms with E-state index in [9.17, 15) is 13.2 Å². The molecule has 0 heterocycles. The molecule has 0 fully saturated rings. The molecular formula is C20H26N2O3S2. The summed E-state index contributed by atoms with van der Waals surface area (Å²) in [4.78, 5) is 13.5. The first kappa shape index (κ1) is 21.3. The van der Waals surface area contributed by atoms with Crippen molar-refractivity contribution in [1.29, 1.82) is 0 Å². The molecule has 0 aliphatic carbocycles. The minimum absolute atomic E-state index is 0.213. The van der Waals surface area contributed by atoms with Gasteiger partial charge in [0.15, 0.2) is 0 Å². The molecule has 146 valence electrons. The molecule has 7 heteroatoms. The average molecular weight is 407 g/mol. The maximum Gasteiger partial charge on any atom is 0.240 e. The number of amides is 1. The van der Waals surface area contributed by atoms with Gasteiger partial charge < -0.3 is 5.32 Å². The fourth-order valence-electron chi connectivity index (χ4n) is 2.56. The maximum absolute atomic E-state index is 12.3. The number of hydrogen-bond donors (Lipinski definition) is 1. The van der Waals surface area contributed by atoms with Crippen LogP contribution in [0.1, 0.15) is 17.5 Å². The van der Waals surface area contributed by atoms with E-state index in [4.69, 9.17) is 0 Å². The van der Waals surface area contributed by atoms with Gasteiger partial charge in [-0.15, -0.1) is 11.8 Å². The quantitative estimate of drug-likeness (QED) is 0.512. The average Bonchev–Trinajstić information content (AvgIpc) is 2.61. The second kappa shape index (κ2) is 9.80. The van der Waals surface area contributed by atoms with E-state index in [1.165, 1.54) is 9.20 Å². The summed E-state index contributed by atoms with van der Waals surface area (Å²) in [5.74, 6) is 0.586. The zero-order valence-corrected chi connectivity index (χ0v) is 17.6. The molecule has 0 aliphatic rings. The molecule has 2 rings (SSSR count). The molecule has 27 heavy (non-hydrogen) atoms. The number of aryl methyl sites for hydroxylation is 2. The Morgan fingerprint density at radius 3 is 2.48 bits per heavy atom. The Hall–Kier alpha value is -1.99. The molecule has 1 amide bonds. The van der Waals surface area contributed by atoms with Gasteiger partial charge in [-0.3, -0.25) is 9.10 Å². The fourth-order valence-corrected chi connectivity index (χ4v) is 4.34. The number of sulfonamides is 1. The number of carbonyl (C=O) groups excluding carboxylic acids is 1. The topological polar surface area (TPSA) is 66.5 Å². The first-order chi connectivity index (χ1) is 12.8. The second-order valence-electron chi connectivity index (χ2n) is 6.42. The van der Waals surface area contributed by atoms with Crippen LogP contribution in [0.25, 0.3) is 0 Å². The van der Waals surface area contributed by atoms with E-state index in [0.29, 0.717) is 12.2 Å². The molecule has 0 spiro atoms. The molecule has 0 atom stereocenters. The first-order valence-corrected chi connectivity index (χ1v) is 11.6. The lowest BCUT2D eigenvalue weighted by atomic mass is 10.1. The van der Waals surface area contributed by atoms with Crippen LogP contribution in [-0.2, 0) is 14.8 Å². The van der Waals surface area contributed by atoms with Crippen molar-refractivity contribution in [3.8, 4) is 0 Å². The maximum atomic E-state index is 12.3. The van der Waals surface area contributed by atoms with Crippen LogP contribution in [0, 0.1) is 13.8 Å². The third-order valence-electron chi connectivity index (χ3n) is 3.98. The molecular weight excluding hydrogens is 380 g/mol. The van der Waals surface area contributed by atoms with Crippen LogP contribution in [0.3, 0.4) is 0 Å². The zero-order valence-electron chi connectivity index (χ0n) is 15.9. The number of nitrogens with zero attached hydrogens (tertiary/aromatic N) is 1. The lowest BCUT2D eigenvalue weighted by Crippen LogP contribution is -2.41. The van der Waals surface area contributed by atoms with Gasteiger partial charge in [0.05, 0.1) is 11.9 Å². The molecule has 0 saturated carbocycles. The zero-order chi connectivity index (χ0) is 19.9. The summed E-state index contributed by atoms with van der Waals surface area (Å²) in [6, 6.07) is 15.7. The Morgan fingerprint density at radius 2 is 1.81 bits per heavy atom. The van der Waals surface area contributed by atoms with Crippen molar-refractivity contribution >= 4 is 33.4 Å². The molecule has 2 aromatic carbocycles. The van der Waals surface area contributed by atoms with Crippen molar-refractivity contribution in [2.45, 2.75) is 25.2 Å². The summed E-state index contributed by atoms with van der Waals surface area (Å²) in [6.07, 6.45) is 1.94. The summed E-state index contributed by atoms with van der Waals surface area (Å²) in [5.41, 5.74) is 2.31. The number of anilines is 1. The van der Waals surface area contributed by atoms with Crippen LogP contribution in [0.15, 0.2) is 53.4 Å². The molecule has 0 aliphatic heterocycles. The Morgan fingerprint density at radius 1 is 1.11 bits per heavy atom. The van der Waals surface area contributed by atoms with Crippen molar-refractivity contribution in [1.82, 2.24) is 5.32 Å². The van der Waals surface area contributed by atoms with Gasteiger partial charge in [0.2, 0.25) is 15.9 Å². The normalized spacial score (nSPS) is 11.2. The number of hydrogen-bond acceptors (Lipinski definition) is 4. The largest absolute Gasteiger partial charge is 0.354 e. The minimum atomic E-state index is -3.56. The van der Waals surface area contributed by atoms with Gasteiger partial charge in [-0.2, -0.15) is 0 Å². The van der Waals surface area contributed by atoms with Crippen molar-refractivity contribution in [2.75, 3.05) is 29.4 Å². The van der Waals surface area contributed by atoms with Gasteiger partial charge in [-0.1, -0.05) is 30.3 Å². The van der Waals surface area contributed by atoms with Crippen LogP contribution in [0.4, 0.5) is 5.69 Å². The second-order valence-corrected chi connectivity index (χ2v) is 9.50. The molecule has 0 bridgehead atoms. The van der Waals surface area contributed by atoms with Crippen LogP contribution in [0.2, 0.25) is 0 Å². The van der Waals surface area contributed by atoms with E-state index < -0.39 is 10.0 Å². The third kappa shape index (κ3) is 6.92. The summed E-state index contributed by atoms with van der Waals surface area (Å²) in [6.45, 7) is 4.04. The predicted molar refractivity (Wildman–Crippen MR) is 113 cm³/mol. The molecule has 0 unspecified atom stereocenters. The van der Waals surface area contributed by atoms with Crippen molar-refractivity contribution in [3.05, 3.63) is 59.7 Å². The summed E-state index contributed by atoms with van der Waals surface area (Å²) >= 11 is 1.73. The van der Waals surface area contributed by atoms with E-state index in [1.807, 2.05) is 44.2 Å².